The molecule has 0 atom stereocenters. The van der Waals surface area contributed by atoms with Crippen molar-refractivity contribution in [2.45, 2.75) is 26.3 Å². The highest BCUT2D eigenvalue weighted by Gasteiger charge is 2.27. The van der Waals surface area contributed by atoms with Crippen LogP contribution in [0.15, 0.2) is 30.3 Å². The molecule has 0 radical (unpaired) electrons. The van der Waals surface area contributed by atoms with Crippen molar-refractivity contribution in [3.63, 3.8) is 0 Å². The van der Waals surface area contributed by atoms with E-state index in [4.69, 9.17) is 0 Å². The van der Waals surface area contributed by atoms with E-state index in [1.807, 2.05) is 51.1 Å². The number of benzene rings is 1. The average molecular weight is 415 g/mol. The second-order valence-electron chi connectivity index (χ2n) is 9.04. The highest BCUT2D eigenvalue weighted by molar-refractivity contribution is 5.99. The summed E-state index contributed by atoms with van der Waals surface area (Å²) in [6, 6.07) is 9.50. The SMILES string of the molecule is CN(CC(=O)N1CC[NH+](CC(=O)NC(C)(C)C)CC1)C(=O)c1cc2ccccc2[nH]1. The van der Waals surface area contributed by atoms with Gasteiger partial charge in [-0.2, -0.15) is 0 Å². The molecule has 1 aromatic heterocycles. The second kappa shape index (κ2) is 8.87. The zero-order valence-corrected chi connectivity index (χ0v) is 18.2. The summed E-state index contributed by atoms with van der Waals surface area (Å²) in [5.41, 5.74) is 1.14. The van der Waals surface area contributed by atoms with Crippen molar-refractivity contribution in [3.8, 4) is 0 Å². The monoisotopic (exact) mass is 414 g/mol. The molecule has 0 bridgehead atoms. The van der Waals surface area contributed by atoms with Crippen LogP contribution in [0.25, 0.3) is 10.9 Å². The summed E-state index contributed by atoms with van der Waals surface area (Å²) in [5, 5.41) is 3.94. The number of para-hydroxylation sites is 1. The number of hydrogen-bond donors (Lipinski definition) is 3. The number of nitrogens with zero attached hydrogens (tertiary/aromatic N) is 2. The average Bonchev–Trinajstić information content (AvgIpc) is 3.10. The lowest BCUT2D eigenvalue weighted by Gasteiger charge is -2.33. The van der Waals surface area contributed by atoms with Crippen LogP contribution in [-0.4, -0.2) is 84.4 Å². The van der Waals surface area contributed by atoms with Crippen LogP contribution in [0.5, 0.6) is 0 Å². The molecule has 1 aromatic carbocycles. The van der Waals surface area contributed by atoms with E-state index in [-0.39, 0.29) is 29.8 Å². The Morgan fingerprint density at radius 3 is 2.47 bits per heavy atom. The number of carbonyl (C=O) groups is 3. The largest absolute Gasteiger partial charge is 0.351 e. The minimum atomic E-state index is -0.240. The van der Waals surface area contributed by atoms with Crippen molar-refractivity contribution in [3.05, 3.63) is 36.0 Å². The molecule has 162 valence electrons. The number of aromatic nitrogens is 1. The summed E-state index contributed by atoms with van der Waals surface area (Å²) in [5.74, 6) is -0.247. The highest BCUT2D eigenvalue weighted by atomic mass is 16.2. The van der Waals surface area contributed by atoms with Gasteiger partial charge in [0.25, 0.3) is 11.8 Å². The number of quaternary nitrogens is 1. The molecule has 0 unspecified atom stereocenters. The Hall–Kier alpha value is -2.87. The van der Waals surface area contributed by atoms with Crippen molar-refractivity contribution >= 4 is 28.6 Å². The molecule has 0 spiro atoms. The van der Waals surface area contributed by atoms with Crippen LogP contribution in [0, 0.1) is 0 Å². The zero-order chi connectivity index (χ0) is 21.9. The van der Waals surface area contributed by atoms with Gasteiger partial charge >= 0.3 is 0 Å². The second-order valence-corrected chi connectivity index (χ2v) is 9.04. The lowest BCUT2D eigenvalue weighted by Crippen LogP contribution is -3.16. The molecule has 0 saturated carbocycles. The Kier molecular flexibility index (Phi) is 6.45. The summed E-state index contributed by atoms with van der Waals surface area (Å²) < 4.78 is 0. The van der Waals surface area contributed by atoms with E-state index in [0.717, 1.165) is 24.0 Å². The number of amides is 3. The molecule has 0 aliphatic carbocycles. The van der Waals surface area contributed by atoms with Crippen LogP contribution >= 0.6 is 0 Å². The van der Waals surface area contributed by atoms with Crippen molar-refractivity contribution < 1.29 is 19.3 Å². The topological polar surface area (TPSA) is 89.9 Å². The highest BCUT2D eigenvalue weighted by Crippen LogP contribution is 2.15. The molecule has 3 N–H and O–H groups in total. The molecule has 8 heteroatoms. The summed E-state index contributed by atoms with van der Waals surface area (Å²) in [4.78, 5) is 45.0. The fourth-order valence-corrected chi connectivity index (χ4v) is 3.71. The molecule has 8 nitrogen and oxygen atoms in total. The molecule has 1 aliphatic heterocycles. The van der Waals surface area contributed by atoms with Crippen molar-refractivity contribution in [1.82, 2.24) is 20.1 Å². The maximum Gasteiger partial charge on any atom is 0.275 e. The third-order valence-corrected chi connectivity index (χ3v) is 5.23. The molecule has 2 aromatic rings. The van der Waals surface area contributed by atoms with Gasteiger partial charge in [-0.15, -0.1) is 0 Å². The minimum Gasteiger partial charge on any atom is -0.351 e. The van der Waals surface area contributed by atoms with Crippen LogP contribution in [0.1, 0.15) is 31.3 Å². The first-order chi connectivity index (χ1) is 14.1. The minimum absolute atomic E-state index is 0.0286. The molecule has 1 saturated heterocycles. The Morgan fingerprint density at radius 1 is 1.17 bits per heavy atom. The van der Waals surface area contributed by atoms with Gasteiger partial charge in [0, 0.05) is 23.5 Å². The van der Waals surface area contributed by atoms with Crippen LogP contribution in [0.3, 0.4) is 0 Å². The van der Waals surface area contributed by atoms with Gasteiger partial charge in [0.1, 0.15) is 5.69 Å². The van der Waals surface area contributed by atoms with Gasteiger partial charge in [0.15, 0.2) is 6.54 Å². The summed E-state index contributed by atoms with van der Waals surface area (Å²) in [6.45, 7) is 8.97. The van der Waals surface area contributed by atoms with Gasteiger partial charge in [-0.1, -0.05) is 18.2 Å². The Bertz CT molecular complexity index is 889. The normalized spacial score (nSPS) is 15.3. The Balaban J connectivity index is 1.48. The molecule has 3 rings (SSSR count). The predicted molar refractivity (Wildman–Crippen MR) is 115 cm³/mol. The molecule has 2 heterocycles. The van der Waals surface area contributed by atoms with Crippen LogP contribution < -0.4 is 10.2 Å². The third kappa shape index (κ3) is 5.60. The first-order valence-electron chi connectivity index (χ1n) is 10.4. The van der Waals surface area contributed by atoms with Crippen LogP contribution in [-0.2, 0) is 9.59 Å². The number of carbonyl (C=O) groups excluding carboxylic acids is 3. The quantitative estimate of drug-likeness (QED) is 0.637. The standard InChI is InChI=1S/C22H31N5O3/c1-22(2,3)24-19(28)14-26-9-11-27(12-10-26)20(29)15-25(4)21(30)18-13-16-7-5-6-8-17(16)23-18/h5-8,13,23H,9-12,14-15H2,1-4H3,(H,24,28)/p+1. The maximum atomic E-state index is 12.7. The van der Waals surface area contributed by atoms with Gasteiger partial charge in [0.05, 0.1) is 32.7 Å². The lowest BCUT2D eigenvalue weighted by atomic mass is 10.1. The number of fused-ring (bicyclic) bond motifs is 1. The number of hydrogen-bond acceptors (Lipinski definition) is 3. The summed E-state index contributed by atoms with van der Waals surface area (Å²) >= 11 is 0. The van der Waals surface area contributed by atoms with Crippen LogP contribution in [0.4, 0.5) is 0 Å². The van der Waals surface area contributed by atoms with Gasteiger partial charge in [0.2, 0.25) is 5.91 Å². The number of likely N-dealkylation sites (N-methyl/N-ethyl adjacent to an activating group) is 1. The summed E-state index contributed by atoms with van der Waals surface area (Å²) in [7, 11) is 1.64. The van der Waals surface area contributed by atoms with Gasteiger partial charge in [-0.3, -0.25) is 14.4 Å². The Morgan fingerprint density at radius 2 is 1.83 bits per heavy atom. The number of H-pyrrole nitrogens is 1. The molecule has 30 heavy (non-hydrogen) atoms. The van der Waals surface area contributed by atoms with Crippen molar-refractivity contribution in [1.29, 1.82) is 0 Å². The molecule has 3 amide bonds. The first-order valence-corrected chi connectivity index (χ1v) is 10.4. The molecule has 1 fully saturated rings. The van der Waals surface area contributed by atoms with E-state index >= 15 is 0 Å². The van der Waals surface area contributed by atoms with Gasteiger partial charge in [-0.05, 0) is 32.9 Å². The van der Waals surface area contributed by atoms with Gasteiger partial charge < -0.3 is 25.0 Å². The smallest absolute Gasteiger partial charge is 0.275 e. The van der Waals surface area contributed by atoms with E-state index in [9.17, 15) is 14.4 Å². The number of nitrogens with one attached hydrogen (secondary N) is 3. The number of piperazine rings is 1. The van der Waals surface area contributed by atoms with Crippen LogP contribution in [0.2, 0.25) is 0 Å². The molecular formula is C22H32N5O3+. The van der Waals surface area contributed by atoms with Crippen molar-refractivity contribution in [2.24, 2.45) is 0 Å². The van der Waals surface area contributed by atoms with Gasteiger partial charge in [-0.25, -0.2) is 0 Å². The predicted octanol–water partition coefficient (Wildman–Crippen LogP) is -0.118. The fraction of sp³-hybridized carbons (Fsp3) is 0.500. The number of aromatic amines is 1. The fourth-order valence-electron chi connectivity index (χ4n) is 3.71. The first kappa shape index (κ1) is 21.8. The maximum absolute atomic E-state index is 12.7. The zero-order valence-electron chi connectivity index (χ0n) is 18.2. The third-order valence-electron chi connectivity index (χ3n) is 5.23. The summed E-state index contributed by atoms with van der Waals surface area (Å²) in [6.07, 6.45) is 0. The molecular weight excluding hydrogens is 382 g/mol. The van der Waals surface area contributed by atoms with Crippen molar-refractivity contribution in [2.75, 3.05) is 46.3 Å². The van der Waals surface area contributed by atoms with E-state index in [2.05, 4.69) is 10.3 Å². The Labute approximate surface area is 177 Å². The van der Waals surface area contributed by atoms with E-state index < -0.39 is 0 Å². The van der Waals surface area contributed by atoms with E-state index in [1.54, 1.807) is 11.9 Å². The molecule has 1 aliphatic rings. The lowest BCUT2D eigenvalue weighted by molar-refractivity contribution is -0.896. The van der Waals surface area contributed by atoms with E-state index in [0.29, 0.717) is 25.3 Å². The van der Waals surface area contributed by atoms with E-state index in [1.165, 1.54) is 9.80 Å². The number of rotatable bonds is 5.